The molecule has 9 heteroatoms. The summed E-state index contributed by atoms with van der Waals surface area (Å²) in [5, 5.41) is 4.07. The fraction of sp³-hybridized carbons (Fsp3) is 0.300. The molecule has 0 bridgehead atoms. The topological polar surface area (TPSA) is 93.3 Å². The Kier molecular flexibility index (Phi) is 4.08. The second-order valence-corrected chi connectivity index (χ2v) is 6.08. The fourth-order valence-corrected chi connectivity index (χ4v) is 2.48. The Morgan fingerprint density at radius 2 is 2.32 bits per heavy atom. The molecule has 0 spiro atoms. The van der Waals surface area contributed by atoms with Crippen LogP contribution < -0.4 is 9.42 Å². The lowest BCUT2D eigenvalue weighted by atomic mass is 10.2. The number of hydrogen-bond acceptors (Lipinski definition) is 6. The molecule has 2 heterocycles. The van der Waals surface area contributed by atoms with Crippen LogP contribution in [0.1, 0.15) is 0 Å². The molecule has 2 aromatic heterocycles. The largest absolute Gasteiger partial charge is 0.480 e. The second-order valence-electron chi connectivity index (χ2n) is 3.70. The van der Waals surface area contributed by atoms with Crippen LogP contribution in [0, 0.1) is 0 Å². The highest BCUT2D eigenvalue weighted by Crippen LogP contribution is 2.26. The average molecular weight is 302 g/mol. The number of aryl methyl sites for hydroxylation is 1. The Morgan fingerprint density at radius 3 is 2.84 bits per heavy atom. The van der Waals surface area contributed by atoms with E-state index in [1.165, 1.54) is 16.2 Å². The zero-order chi connectivity index (χ0) is 13.9. The minimum atomic E-state index is -3.97. The Morgan fingerprint density at radius 1 is 1.53 bits per heavy atom. The first-order valence-corrected chi connectivity index (χ1v) is 7.68. The number of hydrogen-bond donors (Lipinski definition) is 1. The summed E-state index contributed by atoms with van der Waals surface area (Å²) in [5.74, 6) is 0.182. The Bertz CT molecular complexity index is 652. The monoisotopic (exact) mass is 302 g/mol. The van der Waals surface area contributed by atoms with Crippen LogP contribution in [0.4, 0.5) is 0 Å². The molecule has 0 saturated heterocycles. The van der Waals surface area contributed by atoms with Crippen LogP contribution in [0.25, 0.3) is 10.4 Å². The van der Waals surface area contributed by atoms with Crippen LogP contribution in [-0.4, -0.2) is 35.3 Å². The van der Waals surface area contributed by atoms with Crippen molar-refractivity contribution in [3.8, 4) is 16.3 Å². The van der Waals surface area contributed by atoms with Gasteiger partial charge in [0.2, 0.25) is 5.88 Å². The molecule has 0 atom stereocenters. The molecule has 2 aromatic rings. The predicted molar refractivity (Wildman–Crippen MR) is 68.5 cm³/mol. The fourth-order valence-electron chi connectivity index (χ4n) is 1.36. The zero-order valence-corrected chi connectivity index (χ0v) is 11.7. The molecule has 0 unspecified atom stereocenters. The van der Waals surface area contributed by atoms with Crippen molar-refractivity contribution in [1.29, 1.82) is 0 Å². The molecule has 102 valence electrons. The van der Waals surface area contributed by atoms with Crippen molar-refractivity contribution in [2.45, 2.75) is 6.54 Å². The molecule has 0 saturated carbocycles. The first-order valence-electron chi connectivity index (χ1n) is 5.30. The third kappa shape index (κ3) is 3.94. The number of rotatable bonds is 5. The van der Waals surface area contributed by atoms with Gasteiger partial charge in [-0.05, 0) is 16.6 Å². The lowest BCUT2D eigenvalue weighted by molar-refractivity contribution is -0.750. The van der Waals surface area contributed by atoms with Crippen molar-refractivity contribution in [3.63, 3.8) is 0 Å². The molecule has 2 rings (SSSR count). The summed E-state index contributed by atoms with van der Waals surface area (Å²) in [7, 11) is -2.42. The van der Waals surface area contributed by atoms with Gasteiger partial charge in [-0.2, -0.15) is 12.8 Å². The van der Waals surface area contributed by atoms with E-state index >= 15 is 0 Å². The highest BCUT2D eigenvalue weighted by atomic mass is 32.2. The summed E-state index contributed by atoms with van der Waals surface area (Å²) in [4.78, 5) is 0.909. The maximum atomic E-state index is 10.6. The van der Waals surface area contributed by atoms with Crippen molar-refractivity contribution in [2.75, 3.05) is 12.9 Å². The number of ether oxygens (including phenoxy) is 1. The van der Waals surface area contributed by atoms with Crippen LogP contribution >= 0.6 is 11.5 Å². The predicted octanol–water partition coefficient (Wildman–Crippen LogP) is 0.389. The normalized spacial score (nSPS) is 11.5. The quantitative estimate of drug-likeness (QED) is 0.634. The van der Waals surface area contributed by atoms with Gasteiger partial charge < -0.3 is 4.74 Å². The van der Waals surface area contributed by atoms with E-state index in [0.29, 0.717) is 5.88 Å². The van der Waals surface area contributed by atoms with E-state index in [9.17, 15) is 8.42 Å². The SMILES string of the molecule is COc1cc(-c2cc[n+](CCS(=O)(=O)O)nc2)sn1. The van der Waals surface area contributed by atoms with Crippen molar-refractivity contribution >= 4 is 21.7 Å². The van der Waals surface area contributed by atoms with Crippen molar-refractivity contribution in [2.24, 2.45) is 0 Å². The van der Waals surface area contributed by atoms with E-state index in [4.69, 9.17) is 9.29 Å². The van der Waals surface area contributed by atoms with Crippen LogP contribution in [0.15, 0.2) is 24.5 Å². The molecule has 0 aliphatic carbocycles. The van der Waals surface area contributed by atoms with Gasteiger partial charge in [0.05, 0.1) is 12.0 Å². The number of methoxy groups -OCH3 is 1. The highest BCUT2D eigenvalue weighted by molar-refractivity contribution is 7.85. The summed E-state index contributed by atoms with van der Waals surface area (Å²) < 4.78 is 40.4. The van der Waals surface area contributed by atoms with Crippen molar-refractivity contribution in [3.05, 3.63) is 24.5 Å². The standard InChI is InChI=1S/C10H11N3O4S2/c1-17-10-6-9(18-12-10)8-2-3-13(11-7-8)4-5-19(14,15)16/h2-3,6-7H,4-5H2,1H3/p+1. The molecule has 0 fully saturated rings. The lowest BCUT2D eigenvalue weighted by Gasteiger charge is -1.95. The smallest absolute Gasteiger partial charge is 0.271 e. The molecule has 0 radical (unpaired) electrons. The van der Waals surface area contributed by atoms with Gasteiger partial charge in [0.1, 0.15) is 11.9 Å². The van der Waals surface area contributed by atoms with Gasteiger partial charge >= 0.3 is 0 Å². The Labute approximate surface area is 114 Å². The Hall–Kier alpha value is -1.58. The summed E-state index contributed by atoms with van der Waals surface area (Å²) in [5.41, 5.74) is 0.865. The maximum Gasteiger partial charge on any atom is 0.271 e. The molecule has 7 nitrogen and oxygen atoms in total. The summed E-state index contributed by atoms with van der Waals surface area (Å²) in [6.07, 6.45) is 3.25. The van der Waals surface area contributed by atoms with Crippen molar-refractivity contribution in [1.82, 2.24) is 9.47 Å². The van der Waals surface area contributed by atoms with E-state index < -0.39 is 10.1 Å². The molecule has 0 amide bonds. The van der Waals surface area contributed by atoms with Crippen molar-refractivity contribution < 1.29 is 22.4 Å². The average Bonchev–Trinajstić information content (AvgIpc) is 2.85. The molecule has 19 heavy (non-hydrogen) atoms. The third-order valence-corrected chi connectivity index (χ3v) is 3.85. The van der Waals surface area contributed by atoms with Crippen LogP contribution in [0.5, 0.6) is 5.88 Å². The first-order chi connectivity index (χ1) is 8.98. The van der Waals surface area contributed by atoms with E-state index in [2.05, 4.69) is 9.47 Å². The molecule has 0 aromatic carbocycles. The maximum absolute atomic E-state index is 10.6. The van der Waals surface area contributed by atoms with E-state index in [0.717, 1.165) is 10.4 Å². The van der Waals surface area contributed by atoms with Crippen LogP contribution in [0.2, 0.25) is 0 Å². The van der Waals surface area contributed by atoms with E-state index in [1.807, 2.05) is 0 Å². The van der Waals surface area contributed by atoms with Gasteiger partial charge in [0, 0.05) is 17.7 Å². The van der Waals surface area contributed by atoms with Crippen LogP contribution in [-0.2, 0) is 16.7 Å². The highest BCUT2D eigenvalue weighted by Gasteiger charge is 2.12. The lowest BCUT2D eigenvalue weighted by Crippen LogP contribution is -2.40. The molecule has 0 aliphatic heterocycles. The molecule has 0 aliphatic rings. The summed E-state index contributed by atoms with van der Waals surface area (Å²) in [6.45, 7) is 0.102. The van der Waals surface area contributed by atoms with Gasteiger partial charge in [-0.1, -0.05) is 4.68 Å². The van der Waals surface area contributed by atoms with Gasteiger partial charge in [-0.25, -0.2) is 0 Å². The minimum absolute atomic E-state index is 0.102. The second kappa shape index (κ2) is 5.59. The van der Waals surface area contributed by atoms with Crippen LogP contribution in [0.3, 0.4) is 0 Å². The minimum Gasteiger partial charge on any atom is -0.480 e. The molecule has 1 N–H and O–H groups in total. The zero-order valence-electron chi connectivity index (χ0n) is 10.1. The van der Waals surface area contributed by atoms with Gasteiger partial charge in [0.15, 0.2) is 12.7 Å². The van der Waals surface area contributed by atoms with Gasteiger partial charge in [-0.3, -0.25) is 4.55 Å². The third-order valence-electron chi connectivity index (χ3n) is 2.33. The number of nitrogens with zero attached hydrogens (tertiary/aromatic N) is 3. The first kappa shape index (κ1) is 13.8. The van der Waals surface area contributed by atoms with Gasteiger partial charge in [-0.15, -0.1) is 0 Å². The number of aromatic nitrogens is 3. The van der Waals surface area contributed by atoms with E-state index in [-0.39, 0.29) is 12.3 Å². The van der Waals surface area contributed by atoms with Gasteiger partial charge in [0.25, 0.3) is 10.1 Å². The molecular formula is C10H12N3O4S2+. The summed E-state index contributed by atoms with van der Waals surface area (Å²) in [6, 6.07) is 3.59. The Balaban J connectivity index is 2.10. The van der Waals surface area contributed by atoms with E-state index in [1.54, 1.807) is 31.6 Å². The molecular weight excluding hydrogens is 290 g/mol. The summed E-state index contributed by atoms with van der Waals surface area (Å²) >= 11 is 1.29.